The molecule has 0 aromatic heterocycles. The number of carbonyl (C=O) groups excluding carboxylic acids is 1. The number of hydrogen-bond acceptors (Lipinski definition) is 4. The van der Waals surface area contributed by atoms with Gasteiger partial charge in [0.2, 0.25) is 0 Å². The van der Waals surface area contributed by atoms with E-state index in [-0.39, 0.29) is 18.4 Å². The molecule has 0 bridgehead atoms. The monoisotopic (exact) mass is 365 g/mol. The van der Waals surface area contributed by atoms with Gasteiger partial charge in [0.15, 0.2) is 24.0 Å². The van der Waals surface area contributed by atoms with E-state index in [1.165, 1.54) is 12.1 Å². The summed E-state index contributed by atoms with van der Waals surface area (Å²) >= 11 is 6.04. The van der Waals surface area contributed by atoms with Crippen molar-refractivity contribution < 1.29 is 18.7 Å². The second-order valence-electron chi connectivity index (χ2n) is 6.65. The molecular formula is C19H21ClFNO3. The topological polar surface area (TPSA) is 38.8 Å². The molecule has 0 heterocycles. The number of carbonyl (C=O) groups is 1. The van der Waals surface area contributed by atoms with Crippen LogP contribution in [0.4, 0.5) is 10.1 Å². The van der Waals surface area contributed by atoms with E-state index in [0.29, 0.717) is 16.5 Å². The first-order valence-electron chi connectivity index (χ1n) is 7.79. The Kier molecular flexibility index (Phi) is 5.90. The van der Waals surface area contributed by atoms with E-state index in [0.717, 1.165) is 0 Å². The average molecular weight is 366 g/mol. The highest BCUT2D eigenvalue weighted by Gasteiger charge is 2.24. The van der Waals surface area contributed by atoms with Crippen LogP contribution in [0.25, 0.3) is 0 Å². The molecule has 25 heavy (non-hydrogen) atoms. The highest BCUT2D eigenvalue weighted by atomic mass is 35.5. The molecule has 0 atom stereocenters. The molecule has 4 nitrogen and oxygen atoms in total. The molecule has 134 valence electrons. The standard InChI is InChI=1S/C19H21ClFNO3/c1-19(2,3)18(23)24-12-22(4)15-10-9-13(20)11-17(15)25-16-8-6-5-7-14(16)21/h5-11H,12H2,1-4H3. The number of esters is 1. The Morgan fingerprint density at radius 2 is 1.84 bits per heavy atom. The minimum atomic E-state index is -0.590. The second kappa shape index (κ2) is 7.74. The molecule has 0 aliphatic heterocycles. The number of ether oxygens (including phenoxy) is 2. The molecule has 0 aliphatic carbocycles. The van der Waals surface area contributed by atoms with Gasteiger partial charge in [0.1, 0.15) is 0 Å². The van der Waals surface area contributed by atoms with Crippen LogP contribution in [0.2, 0.25) is 5.02 Å². The zero-order chi connectivity index (χ0) is 18.6. The van der Waals surface area contributed by atoms with Crippen molar-refractivity contribution in [3.63, 3.8) is 0 Å². The van der Waals surface area contributed by atoms with Crippen LogP contribution in [0.3, 0.4) is 0 Å². The number of anilines is 1. The quantitative estimate of drug-likeness (QED) is 0.535. The Hall–Kier alpha value is -2.27. The second-order valence-corrected chi connectivity index (χ2v) is 7.09. The lowest BCUT2D eigenvalue weighted by molar-refractivity contribution is -0.152. The summed E-state index contributed by atoms with van der Waals surface area (Å²) in [5.74, 6) is -0.335. The first-order chi connectivity index (χ1) is 11.7. The molecule has 0 saturated carbocycles. The van der Waals surface area contributed by atoms with Crippen molar-refractivity contribution in [3.05, 3.63) is 53.3 Å². The molecule has 2 rings (SSSR count). The molecular weight excluding hydrogens is 345 g/mol. The van der Waals surface area contributed by atoms with Crippen molar-refractivity contribution in [1.29, 1.82) is 0 Å². The van der Waals surface area contributed by atoms with Crippen LogP contribution in [0.1, 0.15) is 20.8 Å². The molecule has 0 amide bonds. The van der Waals surface area contributed by atoms with E-state index in [2.05, 4.69) is 0 Å². The summed E-state index contributed by atoms with van der Waals surface area (Å²) in [5, 5.41) is 0.454. The lowest BCUT2D eigenvalue weighted by Crippen LogP contribution is -2.29. The fourth-order valence-corrected chi connectivity index (χ4v) is 2.13. The van der Waals surface area contributed by atoms with Crippen molar-refractivity contribution in [2.45, 2.75) is 20.8 Å². The van der Waals surface area contributed by atoms with E-state index in [1.54, 1.807) is 63.1 Å². The van der Waals surface area contributed by atoms with Crippen LogP contribution < -0.4 is 9.64 Å². The van der Waals surface area contributed by atoms with Gasteiger partial charge in [-0.2, -0.15) is 0 Å². The molecule has 0 saturated heterocycles. The van der Waals surface area contributed by atoms with E-state index in [4.69, 9.17) is 21.1 Å². The zero-order valence-corrected chi connectivity index (χ0v) is 15.4. The Bertz CT molecular complexity index is 759. The maximum absolute atomic E-state index is 13.9. The van der Waals surface area contributed by atoms with Crippen molar-refractivity contribution in [2.75, 3.05) is 18.7 Å². The molecule has 0 fully saturated rings. The van der Waals surface area contributed by atoms with Gasteiger partial charge in [-0.05, 0) is 45.0 Å². The zero-order valence-electron chi connectivity index (χ0n) is 14.7. The smallest absolute Gasteiger partial charge is 0.312 e. The third kappa shape index (κ3) is 5.10. The number of benzene rings is 2. The Balaban J connectivity index is 2.20. The Labute approximate surface area is 152 Å². The fraction of sp³-hybridized carbons (Fsp3) is 0.316. The molecule has 6 heteroatoms. The van der Waals surface area contributed by atoms with Gasteiger partial charge in [-0.1, -0.05) is 23.7 Å². The van der Waals surface area contributed by atoms with Crippen LogP contribution in [-0.4, -0.2) is 19.7 Å². The lowest BCUT2D eigenvalue weighted by Gasteiger charge is -2.24. The number of para-hydroxylation sites is 1. The van der Waals surface area contributed by atoms with Crippen LogP contribution in [0.5, 0.6) is 11.5 Å². The summed E-state index contributed by atoms with van der Waals surface area (Å²) in [6.45, 7) is 5.38. The average Bonchev–Trinajstić information content (AvgIpc) is 2.53. The lowest BCUT2D eigenvalue weighted by atomic mass is 9.98. The minimum absolute atomic E-state index is 0.0331. The first-order valence-corrected chi connectivity index (χ1v) is 8.16. The molecule has 0 radical (unpaired) electrons. The van der Waals surface area contributed by atoms with E-state index < -0.39 is 11.2 Å². The predicted octanol–water partition coefficient (Wildman–Crippen LogP) is 5.25. The van der Waals surface area contributed by atoms with Crippen LogP contribution >= 0.6 is 11.6 Å². The molecule has 0 aliphatic rings. The third-order valence-electron chi connectivity index (χ3n) is 3.39. The fourth-order valence-electron chi connectivity index (χ4n) is 1.97. The van der Waals surface area contributed by atoms with Crippen molar-refractivity contribution in [2.24, 2.45) is 5.41 Å². The maximum Gasteiger partial charge on any atom is 0.312 e. The summed E-state index contributed by atoms with van der Waals surface area (Å²) in [6.07, 6.45) is 0. The van der Waals surface area contributed by atoms with Gasteiger partial charge in [-0.15, -0.1) is 0 Å². The van der Waals surface area contributed by atoms with Gasteiger partial charge in [-0.3, -0.25) is 4.79 Å². The van der Waals surface area contributed by atoms with E-state index in [1.807, 2.05) is 0 Å². The highest BCUT2D eigenvalue weighted by Crippen LogP contribution is 2.35. The summed E-state index contributed by atoms with van der Waals surface area (Å²) in [4.78, 5) is 13.6. The molecule has 0 spiro atoms. The maximum atomic E-state index is 13.9. The minimum Gasteiger partial charge on any atom is -0.452 e. The Morgan fingerprint density at radius 3 is 2.48 bits per heavy atom. The predicted molar refractivity (Wildman–Crippen MR) is 96.7 cm³/mol. The number of nitrogens with zero attached hydrogens (tertiary/aromatic N) is 1. The summed E-state index contributed by atoms with van der Waals surface area (Å²) in [5.41, 5.74) is 0.0298. The summed E-state index contributed by atoms with van der Waals surface area (Å²) in [7, 11) is 1.74. The third-order valence-corrected chi connectivity index (χ3v) is 3.63. The SMILES string of the molecule is CN(COC(=O)C(C)(C)C)c1ccc(Cl)cc1Oc1ccccc1F. The largest absolute Gasteiger partial charge is 0.452 e. The van der Waals surface area contributed by atoms with Gasteiger partial charge in [0, 0.05) is 18.1 Å². The first kappa shape index (κ1) is 19.1. The molecule has 2 aromatic carbocycles. The van der Waals surface area contributed by atoms with Gasteiger partial charge in [0.05, 0.1) is 11.1 Å². The van der Waals surface area contributed by atoms with Crippen LogP contribution in [-0.2, 0) is 9.53 Å². The molecule has 0 unspecified atom stereocenters. The number of halogens is 2. The Morgan fingerprint density at radius 1 is 1.16 bits per heavy atom. The van der Waals surface area contributed by atoms with Crippen LogP contribution in [0.15, 0.2) is 42.5 Å². The van der Waals surface area contributed by atoms with Gasteiger partial charge in [-0.25, -0.2) is 4.39 Å². The number of hydrogen-bond donors (Lipinski definition) is 0. The highest BCUT2D eigenvalue weighted by molar-refractivity contribution is 6.30. The summed E-state index contributed by atoms with van der Waals surface area (Å²) < 4.78 is 24.8. The van der Waals surface area contributed by atoms with Crippen molar-refractivity contribution in [1.82, 2.24) is 0 Å². The molecule has 0 N–H and O–H groups in total. The van der Waals surface area contributed by atoms with E-state index in [9.17, 15) is 9.18 Å². The van der Waals surface area contributed by atoms with E-state index >= 15 is 0 Å². The van der Waals surface area contributed by atoms with Gasteiger partial charge < -0.3 is 14.4 Å². The normalized spacial score (nSPS) is 11.1. The van der Waals surface area contributed by atoms with Crippen LogP contribution in [0, 0.1) is 11.2 Å². The molecule has 2 aromatic rings. The van der Waals surface area contributed by atoms with Gasteiger partial charge in [0.25, 0.3) is 0 Å². The summed E-state index contributed by atoms with van der Waals surface area (Å²) in [6, 6.07) is 11.1. The van der Waals surface area contributed by atoms with Gasteiger partial charge >= 0.3 is 5.97 Å². The van der Waals surface area contributed by atoms with Crippen molar-refractivity contribution in [3.8, 4) is 11.5 Å². The van der Waals surface area contributed by atoms with Crippen molar-refractivity contribution >= 4 is 23.3 Å². The number of rotatable bonds is 5.